The van der Waals surface area contributed by atoms with Crippen LogP contribution in [0.4, 0.5) is 11.8 Å². The van der Waals surface area contributed by atoms with Gasteiger partial charge in [-0.1, -0.05) is 65.0 Å². The predicted octanol–water partition coefficient (Wildman–Crippen LogP) is 6.66. The van der Waals surface area contributed by atoms with Crippen molar-refractivity contribution in [1.82, 2.24) is 19.9 Å². The number of anilines is 2. The zero-order valence-corrected chi connectivity index (χ0v) is 31.4. The lowest BCUT2D eigenvalue weighted by Gasteiger charge is -2.36. The van der Waals surface area contributed by atoms with Crippen LogP contribution in [0, 0.1) is 24.7 Å². The molecule has 4 aromatic rings. The fourth-order valence-electron chi connectivity index (χ4n) is 6.81. The maximum Gasteiger partial charge on any atom is 0.264 e. The van der Waals surface area contributed by atoms with Crippen molar-refractivity contribution in [3.8, 4) is 17.1 Å². The lowest BCUT2D eigenvalue weighted by atomic mass is 9.87. The van der Waals surface area contributed by atoms with Gasteiger partial charge in [0.25, 0.3) is 15.9 Å². The number of aromatic nitrogens is 3. The average Bonchev–Trinajstić information content (AvgIpc) is 3.24. The number of fused-ring (bicyclic) bond motifs is 4. The number of nitrogens with one attached hydrogen (secondary N) is 1. The number of pyridine rings is 1. The number of hydrogen-bond donors (Lipinski definition) is 1. The topological polar surface area (TPSA) is 127 Å². The van der Waals surface area contributed by atoms with Gasteiger partial charge in [0.2, 0.25) is 11.8 Å². The number of nitrogens with zero attached hydrogens (tertiary/aromatic N) is 5. The van der Waals surface area contributed by atoms with Gasteiger partial charge in [-0.25, -0.2) is 23.1 Å². The van der Waals surface area contributed by atoms with E-state index >= 15 is 0 Å². The quantitative estimate of drug-likeness (QED) is 0.242. The summed E-state index contributed by atoms with van der Waals surface area (Å²) in [6.45, 7) is 17.8. The molecule has 6 rings (SSSR count). The van der Waals surface area contributed by atoms with Crippen molar-refractivity contribution in [3.05, 3.63) is 89.1 Å². The van der Waals surface area contributed by atoms with Crippen LogP contribution >= 0.6 is 0 Å². The van der Waals surface area contributed by atoms with Crippen LogP contribution in [0.1, 0.15) is 68.2 Å². The summed E-state index contributed by atoms with van der Waals surface area (Å²) in [4.78, 5) is 32.7. The van der Waals surface area contributed by atoms with Crippen molar-refractivity contribution < 1.29 is 22.7 Å². The Bertz CT molecular complexity index is 2010. The molecule has 1 atom stereocenters. The van der Waals surface area contributed by atoms with Gasteiger partial charge in [0, 0.05) is 35.7 Å². The van der Waals surface area contributed by atoms with E-state index in [1.54, 1.807) is 23.1 Å². The number of sulfonamides is 1. The number of ether oxygens (including phenoxy) is 2. The molecule has 51 heavy (non-hydrogen) atoms. The first-order valence-electron chi connectivity index (χ1n) is 17.4. The molecular weight excluding hydrogens is 665 g/mol. The summed E-state index contributed by atoms with van der Waals surface area (Å²) in [6, 6.07) is 19.2. The molecule has 0 radical (unpaired) electrons. The van der Waals surface area contributed by atoms with Crippen molar-refractivity contribution in [2.24, 2.45) is 10.8 Å². The highest BCUT2D eigenvalue weighted by molar-refractivity contribution is 7.92. The molecule has 1 amide bonds. The number of aryl methyl sites for hydroxylation is 2. The molecule has 12 heteroatoms. The van der Waals surface area contributed by atoms with Crippen LogP contribution in [0.2, 0.25) is 0 Å². The second-order valence-electron chi connectivity index (χ2n) is 15.6. The molecule has 270 valence electrons. The van der Waals surface area contributed by atoms with Gasteiger partial charge in [-0.15, -0.1) is 0 Å². The van der Waals surface area contributed by atoms with Crippen molar-refractivity contribution in [2.45, 2.75) is 72.4 Å². The first-order valence-corrected chi connectivity index (χ1v) is 18.9. The molecular formula is C39H48N6O5S. The highest BCUT2D eigenvalue weighted by Crippen LogP contribution is 2.32. The van der Waals surface area contributed by atoms with E-state index in [1.807, 2.05) is 50.2 Å². The van der Waals surface area contributed by atoms with E-state index in [0.717, 1.165) is 29.1 Å². The lowest BCUT2D eigenvalue weighted by Crippen LogP contribution is -2.45. The van der Waals surface area contributed by atoms with Gasteiger partial charge >= 0.3 is 0 Å². The third kappa shape index (κ3) is 8.68. The van der Waals surface area contributed by atoms with Crippen LogP contribution in [0.3, 0.4) is 0 Å². The van der Waals surface area contributed by atoms with Crippen LogP contribution in [0.5, 0.6) is 5.88 Å². The van der Waals surface area contributed by atoms with Crippen LogP contribution in [0.15, 0.2) is 71.6 Å². The smallest absolute Gasteiger partial charge is 0.264 e. The molecule has 11 nitrogen and oxygen atoms in total. The lowest BCUT2D eigenvalue weighted by molar-refractivity contribution is 0.0509. The first-order chi connectivity index (χ1) is 24.1. The predicted molar refractivity (Wildman–Crippen MR) is 198 cm³/mol. The largest absolute Gasteiger partial charge is 0.475 e. The monoisotopic (exact) mass is 712 g/mol. The molecule has 0 saturated carbocycles. The fourth-order valence-corrected chi connectivity index (χ4v) is 7.80. The Balaban J connectivity index is 1.45. The van der Waals surface area contributed by atoms with Crippen molar-refractivity contribution >= 4 is 27.7 Å². The molecule has 2 aromatic carbocycles. The van der Waals surface area contributed by atoms with E-state index in [1.165, 1.54) is 12.1 Å². The van der Waals surface area contributed by atoms with E-state index < -0.39 is 16.1 Å². The van der Waals surface area contributed by atoms with Crippen molar-refractivity contribution in [1.29, 1.82) is 0 Å². The Kier molecular flexibility index (Phi) is 10.1. The summed E-state index contributed by atoms with van der Waals surface area (Å²) in [5.41, 5.74) is 4.06. The molecule has 0 unspecified atom stereocenters. The molecule has 4 heterocycles. The van der Waals surface area contributed by atoms with Crippen LogP contribution in [-0.4, -0.2) is 73.1 Å². The van der Waals surface area contributed by atoms with E-state index in [2.05, 4.69) is 54.2 Å². The molecule has 1 N–H and O–H groups in total. The highest BCUT2D eigenvalue weighted by atomic mass is 32.2. The Hall–Kier alpha value is -4.55. The normalized spacial score (nSPS) is 19.1. The molecule has 2 aliphatic rings. The Morgan fingerprint density at radius 1 is 0.961 bits per heavy atom. The summed E-state index contributed by atoms with van der Waals surface area (Å²) < 4.78 is 42.4. The Morgan fingerprint density at radius 2 is 1.69 bits per heavy atom. The Labute approximate surface area is 301 Å². The number of carbonyl (C=O) groups is 1. The van der Waals surface area contributed by atoms with Crippen LogP contribution < -0.4 is 14.4 Å². The van der Waals surface area contributed by atoms with Crippen molar-refractivity contribution in [2.75, 3.05) is 42.5 Å². The maximum absolute atomic E-state index is 14.6. The first kappa shape index (κ1) is 36.2. The minimum atomic E-state index is -4.18. The molecule has 0 spiro atoms. The van der Waals surface area contributed by atoms with Crippen LogP contribution in [-0.2, 0) is 21.3 Å². The second-order valence-corrected chi connectivity index (χ2v) is 17.3. The third-order valence-corrected chi connectivity index (χ3v) is 10.4. The molecule has 4 bridgehead atoms. The average molecular weight is 713 g/mol. The summed E-state index contributed by atoms with van der Waals surface area (Å²) in [5, 5.41) is 0. The van der Waals surface area contributed by atoms with Crippen molar-refractivity contribution in [3.63, 3.8) is 0 Å². The molecule has 2 aromatic heterocycles. The van der Waals surface area contributed by atoms with Gasteiger partial charge in [0.05, 0.1) is 42.1 Å². The second kappa shape index (κ2) is 14.2. The minimum absolute atomic E-state index is 0.0478. The van der Waals surface area contributed by atoms with Gasteiger partial charge < -0.3 is 19.3 Å². The Morgan fingerprint density at radius 3 is 2.43 bits per heavy atom. The molecule has 2 aliphatic heterocycles. The number of rotatable bonds is 5. The van der Waals surface area contributed by atoms with E-state index in [4.69, 9.17) is 14.5 Å². The molecule has 0 aliphatic carbocycles. The number of hydrogen-bond acceptors (Lipinski definition) is 9. The standard InChI is InChI=1S/C39H48N6O5S/c1-26-11-8-12-27(2)35(26)32-20-34-42-37(41-32)43-51(47,48)31-15-9-13-28(19-31)36(46)45(30(23-50-34)21-38(3,4)5)22-29-14-10-16-33(40-29)44-17-18-49-25-39(6,7)24-44/h8-16,19-20,30H,17-18,21-25H2,1-7H3,(H,41,42,43)/t30-/m1/s1. The summed E-state index contributed by atoms with van der Waals surface area (Å²) >= 11 is 0. The summed E-state index contributed by atoms with van der Waals surface area (Å²) in [7, 11) is -4.18. The fraction of sp³-hybridized carbons (Fsp3) is 0.436. The van der Waals surface area contributed by atoms with E-state index in [9.17, 15) is 13.2 Å². The minimum Gasteiger partial charge on any atom is -0.475 e. The number of amides is 1. The number of carbonyl (C=O) groups excluding carboxylic acids is 1. The zero-order chi connectivity index (χ0) is 36.6. The van der Waals surface area contributed by atoms with Gasteiger partial charge in [-0.2, -0.15) is 4.98 Å². The van der Waals surface area contributed by atoms with E-state index in [-0.39, 0.29) is 52.2 Å². The van der Waals surface area contributed by atoms with Gasteiger partial charge in [-0.05, 0) is 67.1 Å². The van der Waals surface area contributed by atoms with Gasteiger partial charge in [0.1, 0.15) is 12.4 Å². The SMILES string of the molecule is Cc1cccc(C)c1-c1cc2nc(n1)NS(=O)(=O)c1cccc(c1)C(=O)N(Cc1cccc(N3CCOCC(C)(C)C3)n1)[C@H](CC(C)(C)C)CO2. The molecule has 1 fully saturated rings. The number of benzene rings is 2. The maximum atomic E-state index is 14.6. The highest BCUT2D eigenvalue weighted by Gasteiger charge is 2.32. The molecule has 1 saturated heterocycles. The van der Waals surface area contributed by atoms with Gasteiger partial charge in [-0.3, -0.25) is 4.79 Å². The zero-order valence-electron chi connectivity index (χ0n) is 30.6. The van der Waals surface area contributed by atoms with Crippen LogP contribution in [0.25, 0.3) is 11.3 Å². The summed E-state index contributed by atoms with van der Waals surface area (Å²) in [5.74, 6) is 0.576. The van der Waals surface area contributed by atoms with E-state index in [0.29, 0.717) is 37.6 Å². The summed E-state index contributed by atoms with van der Waals surface area (Å²) in [6.07, 6.45) is 0.591. The third-order valence-electron chi connectivity index (χ3n) is 9.10. The van der Waals surface area contributed by atoms with Gasteiger partial charge in [0.15, 0.2) is 0 Å².